The first-order valence-electron chi connectivity index (χ1n) is 6.85. The zero-order valence-corrected chi connectivity index (χ0v) is 11.5. The zero-order chi connectivity index (χ0) is 13.8. The molecule has 1 aliphatic rings. The first-order valence-corrected chi connectivity index (χ1v) is 6.85. The van der Waals surface area contributed by atoms with Crippen LogP contribution in [0.1, 0.15) is 32.3 Å². The summed E-state index contributed by atoms with van der Waals surface area (Å²) in [6.45, 7) is 5.69. The number of hydrogen-bond donors (Lipinski definition) is 1. The molecule has 1 aromatic rings. The molecule has 1 aromatic carbocycles. The van der Waals surface area contributed by atoms with Crippen LogP contribution in [0.3, 0.4) is 0 Å². The summed E-state index contributed by atoms with van der Waals surface area (Å²) >= 11 is 0. The third-order valence-corrected chi connectivity index (χ3v) is 4.02. The van der Waals surface area contributed by atoms with Crippen LogP contribution in [0.5, 0.6) is 0 Å². The van der Waals surface area contributed by atoms with Gasteiger partial charge < -0.3 is 10.0 Å². The van der Waals surface area contributed by atoms with Gasteiger partial charge in [-0.25, -0.2) is 4.79 Å². The number of aliphatic carboxylic acids is 1. The van der Waals surface area contributed by atoms with Gasteiger partial charge in [0, 0.05) is 24.4 Å². The molecule has 0 spiro atoms. The Morgan fingerprint density at radius 3 is 2.63 bits per heavy atom. The lowest BCUT2D eigenvalue weighted by Gasteiger charge is -2.39. The van der Waals surface area contributed by atoms with Crippen molar-refractivity contribution in [2.75, 3.05) is 11.4 Å². The van der Waals surface area contributed by atoms with Crippen LogP contribution >= 0.6 is 0 Å². The highest BCUT2D eigenvalue weighted by molar-refractivity contribution is 5.85. The quantitative estimate of drug-likeness (QED) is 0.846. The molecule has 2 rings (SSSR count). The number of hydrogen-bond acceptors (Lipinski definition) is 2. The molecule has 102 valence electrons. The number of piperidine rings is 1. The molecular formula is C16H21NO2. The lowest BCUT2D eigenvalue weighted by molar-refractivity contribution is -0.131. The summed E-state index contributed by atoms with van der Waals surface area (Å²) in [5, 5.41) is 8.60. The van der Waals surface area contributed by atoms with E-state index in [0.717, 1.165) is 18.0 Å². The van der Waals surface area contributed by atoms with Crippen LogP contribution in [-0.2, 0) is 4.79 Å². The molecule has 1 saturated heterocycles. The molecule has 0 bridgehead atoms. The maximum absolute atomic E-state index is 10.5. The summed E-state index contributed by atoms with van der Waals surface area (Å²) in [6, 6.07) is 8.67. The average molecular weight is 259 g/mol. The lowest BCUT2D eigenvalue weighted by Crippen LogP contribution is -2.42. The molecule has 0 amide bonds. The fourth-order valence-electron chi connectivity index (χ4n) is 2.64. The van der Waals surface area contributed by atoms with Crippen LogP contribution in [-0.4, -0.2) is 23.7 Å². The van der Waals surface area contributed by atoms with E-state index in [1.54, 1.807) is 6.08 Å². The van der Waals surface area contributed by atoms with Crippen LogP contribution in [0.2, 0.25) is 0 Å². The van der Waals surface area contributed by atoms with Gasteiger partial charge in [0.2, 0.25) is 0 Å². The predicted molar refractivity (Wildman–Crippen MR) is 78.3 cm³/mol. The van der Waals surface area contributed by atoms with E-state index < -0.39 is 5.97 Å². The Kier molecular flexibility index (Phi) is 4.25. The summed E-state index contributed by atoms with van der Waals surface area (Å²) in [5.74, 6) is -0.192. The van der Waals surface area contributed by atoms with Crippen molar-refractivity contribution >= 4 is 17.7 Å². The van der Waals surface area contributed by atoms with E-state index in [1.165, 1.54) is 24.6 Å². The molecule has 0 radical (unpaired) electrons. The minimum atomic E-state index is -0.914. The van der Waals surface area contributed by atoms with E-state index >= 15 is 0 Å². The normalized spacial score (nSPS) is 23.8. The van der Waals surface area contributed by atoms with E-state index in [-0.39, 0.29) is 0 Å². The summed E-state index contributed by atoms with van der Waals surface area (Å²) in [7, 11) is 0. The van der Waals surface area contributed by atoms with Gasteiger partial charge in [0.1, 0.15) is 0 Å². The maximum atomic E-state index is 10.5. The monoisotopic (exact) mass is 259 g/mol. The van der Waals surface area contributed by atoms with Crippen molar-refractivity contribution in [2.45, 2.75) is 32.7 Å². The number of nitrogens with zero attached hydrogens (tertiary/aromatic N) is 1. The maximum Gasteiger partial charge on any atom is 0.328 e. The summed E-state index contributed by atoms with van der Waals surface area (Å²) in [4.78, 5) is 12.9. The number of carbonyl (C=O) groups is 1. The first kappa shape index (κ1) is 13.7. The van der Waals surface area contributed by atoms with Crippen molar-refractivity contribution in [3.05, 3.63) is 35.9 Å². The van der Waals surface area contributed by atoms with E-state index in [4.69, 9.17) is 5.11 Å². The van der Waals surface area contributed by atoms with Gasteiger partial charge in [-0.2, -0.15) is 0 Å². The largest absolute Gasteiger partial charge is 0.478 e. The SMILES string of the molecule is CC1CCCN(c2ccc(C=CC(=O)O)cc2)C1C. The second-order valence-electron chi connectivity index (χ2n) is 5.32. The van der Waals surface area contributed by atoms with E-state index in [1.807, 2.05) is 12.1 Å². The van der Waals surface area contributed by atoms with Crippen molar-refractivity contribution < 1.29 is 9.90 Å². The van der Waals surface area contributed by atoms with E-state index in [9.17, 15) is 4.79 Å². The van der Waals surface area contributed by atoms with Gasteiger partial charge in [0.25, 0.3) is 0 Å². The van der Waals surface area contributed by atoms with Gasteiger partial charge in [-0.3, -0.25) is 0 Å². The molecule has 1 aliphatic heterocycles. The van der Waals surface area contributed by atoms with Gasteiger partial charge in [-0.1, -0.05) is 19.1 Å². The fraction of sp³-hybridized carbons (Fsp3) is 0.438. The number of rotatable bonds is 3. The Bertz CT molecular complexity index is 464. The second kappa shape index (κ2) is 5.91. The van der Waals surface area contributed by atoms with Crippen molar-refractivity contribution in [1.82, 2.24) is 0 Å². The van der Waals surface area contributed by atoms with Crippen LogP contribution < -0.4 is 4.90 Å². The number of benzene rings is 1. The van der Waals surface area contributed by atoms with Crippen molar-refractivity contribution in [1.29, 1.82) is 0 Å². The molecule has 1 N–H and O–H groups in total. The minimum Gasteiger partial charge on any atom is -0.478 e. The molecule has 0 saturated carbocycles. The highest BCUT2D eigenvalue weighted by atomic mass is 16.4. The predicted octanol–water partition coefficient (Wildman–Crippen LogP) is 3.41. The second-order valence-corrected chi connectivity index (χ2v) is 5.32. The summed E-state index contributed by atoms with van der Waals surface area (Å²) in [5.41, 5.74) is 2.15. The van der Waals surface area contributed by atoms with E-state index in [2.05, 4.69) is 30.9 Å². The van der Waals surface area contributed by atoms with Crippen LogP contribution in [0, 0.1) is 5.92 Å². The highest BCUT2D eigenvalue weighted by Crippen LogP contribution is 2.28. The van der Waals surface area contributed by atoms with Gasteiger partial charge in [0.05, 0.1) is 0 Å². The van der Waals surface area contributed by atoms with Crippen molar-refractivity contribution in [3.63, 3.8) is 0 Å². The molecule has 1 heterocycles. The minimum absolute atomic E-state index is 0.564. The van der Waals surface area contributed by atoms with Gasteiger partial charge in [-0.05, 0) is 49.5 Å². The van der Waals surface area contributed by atoms with Crippen LogP contribution in [0.25, 0.3) is 6.08 Å². The third kappa shape index (κ3) is 3.37. The number of carboxylic acid groups (broad SMARTS) is 1. The Hall–Kier alpha value is -1.77. The van der Waals surface area contributed by atoms with Gasteiger partial charge in [-0.15, -0.1) is 0 Å². The summed E-state index contributed by atoms with van der Waals surface area (Å²) in [6.07, 6.45) is 5.33. The molecule has 19 heavy (non-hydrogen) atoms. The molecule has 0 aliphatic carbocycles. The topological polar surface area (TPSA) is 40.5 Å². The Labute approximate surface area is 114 Å². The lowest BCUT2D eigenvalue weighted by atomic mass is 9.91. The molecule has 0 aromatic heterocycles. The van der Waals surface area contributed by atoms with Crippen molar-refractivity contribution in [2.24, 2.45) is 5.92 Å². The third-order valence-electron chi connectivity index (χ3n) is 4.02. The average Bonchev–Trinajstić information content (AvgIpc) is 2.40. The molecule has 1 fully saturated rings. The first-order chi connectivity index (χ1) is 9.08. The highest BCUT2D eigenvalue weighted by Gasteiger charge is 2.24. The number of anilines is 1. The Morgan fingerprint density at radius 1 is 1.32 bits per heavy atom. The summed E-state index contributed by atoms with van der Waals surface area (Å²) < 4.78 is 0. The van der Waals surface area contributed by atoms with Gasteiger partial charge >= 0.3 is 5.97 Å². The zero-order valence-electron chi connectivity index (χ0n) is 11.5. The van der Waals surface area contributed by atoms with Crippen LogP contribution in [0.15, 0.2) is 30.3 Å². The Morgan fingerprint density at radius 2 is 2.00 bits per heavy atom. The Balaban J connectivity index is 2.11. The number of carboxylic acids is 1. The van der Waals surface area contributed by atoms with Crippen LogP contribution in [0.4, 0.5) is 5.69 Å². The van der Waals surface area contributed by atoms with Gasteiger partial charge in [0.15, 0.2) is 0 Å². The molecule has 3 heteroatoms. The smallest absolute Gasteiger partial charge is 0.328 e. The fourth-order valence-corrected chi connectivity index (χ4v) is 2.64. The van der Waals surface area contributed by atoms with E-state index in [0.29, 0.717) is 6.04 Å². The van der Waals surface area contributed by atoms with Crippen molar-refractivity contribution in [3.8, 4) is 0 Å². The molecule has 2 atom stereocenters. The molecular weight excluding hydrogens is 238 g/mol. The standard InChI is InChI=1S/C16H21NO2/c1-12-4-3-11-17(13(12)2)15-8-5-14(6-9-15)7-10-16(18)19/h5-10,12-13H,3-4,11H2,1-2H3,(H,18,19). The molecule has 3 nitrogen and oxygen atoms in total. The molecule has 2 unspecified atom stereocenters.